The number of amidine groups is 2. The zero-order valence-corrected chi connectivity index (χ0v) is 28.1. The SMILES string of the molecule is CN1C(c2ccccc2)=NC(c2ccccc2)=NC1n1c2ccccc2c2ccc(-c3ccc4c(c3)c3ccccc3n4-c3ccccc3)cc21. The average Bonchev–Trinajstić information content (AvgIpc) is 3.71. The van der Waals surface area contributed by atoms with Gasteiger partial charge in [-0.2, -0.15) is 0 Å². The van der Waals surface area contributed by atoms with Crippen LogP contribution in [0.15, 0.2) is 186 Å². The Morgan fingerprint density at radius 1 is 0.431 bits per heavy atom. The van der Waals surface area contributed by atoms with Crippen LogP contribution in [0.5, 0.6) is 0 Å². The van der Waals surface area contributed by atoms with Gasteiger partial charge < -0.3 is 14.0 Å². The van der Waals surface area contributed by atoms with Gasteiger partial charge in [-0.05, 0) is 53.6 Å². The maximum atomic E-state index is 5.38. The second-order valence-corrected chi connectivity index (χ2v) is 13.1. The molecule has 0 radical (unpaired) electrons. The molecule has 5 heteroatoms. The van der Waals surface area contributed by atoms with Crippen LogP contribution in [-0.2, 0) is 0 Å². The summed E-state index contributed by atoms with van der Waals surface area (Å²) >= 11 is 0. The van der Waals surface area contributed by atoms with Crippen molar-refractivity contribution in [2.75, 3.05) is 7.05 Å². The fourth-order valence-electron chi connectivity index (χ4n) is 7.76. The third kappa shape index (κ3) is 4.70. The molecule has 0 fully saturated rings. The molecule has 242 valence electrons. The van der Waals surface area contributed by atoms with Crippen LogP contribution in [0.3, 0.4) is 0 Å². The molecule has 0 saturated carbocycles. The van der Waals surface area contributed by atoms with Crippen LogP contribution >= 0.6 is 0 Å². The zero-order chi connectivity index (χ0) is 33.9. The molecule has 1 aliphatic heterocycles. The largest absolute Gasteiger partial charge is 0.320 e. The van der Waals surface area contributed by atoms with E-state index >= 15 is 0 Å². The molecule has 1 atom stereocenters. The highest BCUT2D eigenvalue weighted by atomic mass is 15.4. The highest BCUT2D eigenvalue weighted by Crippen LogP contribution is 2.39. The molecular formula is C46H33N5. The van der Waals surface area contributed by atoms with E-state index in [2.05, 4.69) is 173 Å². The molecule has 3 heterocycles. The number of fused-ring (bicyclic) bond motifs is 6. The summed E-state index contributed by atoms with van der Waals surface area (Å²) in [6.07, 6.45) is -0.364. The Kier molecular flexibility index (Phi) is 6.71. The van der Waals surface area contributed by atoms with Crippen LogP contribution in [0, 0.1) is 0 Å². The van der Waals surface area contributed by atoms with Gasteiger partial charge in [0.15, 0.2) is 5.84 Å². The summed E-state index contributed by atoms with van der Waals surface area (Å²) in [5, 5.41) is 4.88. The van der Waals surface area contributed by atoms with Crippen LogP contribution in [0.25, 0.3) is 60.4 Å². The minimum absolute atomic E-state index is 0.364. The third-order valence-electron chi connectivity index (χ3n) is 10.2. The zero-order valence-electron chi connectivity index (χ0n) is 28.1. The van der Waals surface area contributed by atoms with Gasteiger partial charge in [-0.3, -0.25) is 0 Å². The first-order chi connectivity index (χ1) is 25.2. The molecular weight excluding hydrogens is 623 g/mol. The first-order valence-corrected chi connectivity index (χ1v) is 17.3. The van der Waals surface area contributed by atoms with E-state index in [0.717, 1.165) is 45.1 Å². The van der Waals surface area contributed by atoms with Crippen LogP contribution in [0.4, 0.5) is 0 Å². The van der Waals surface area contributed by atoms with Gasteiger partial charge in [0.05, 0.1) is 22.1 Å². The fraction of sp³-hybridized carbons (Fsp3) is 0.0435. The molecule has 7 aromatic carbocycles. The Hall–Kier alpha value is -6.72. The summed E-state index contributed by atoms with van der Waals surface area (Å²) in [6, 6.07) is 62.4. The number of para-hydroxylation sites is 3. The van der Waals surface area contributed by atoms with E-state index in [4.69, 9.17) is 9.98 Å². The Bertz CT molecular complexity index is 2810. The summed E-state index contributed by atoms with van der Waals surface area (Å²) in [7, 11) is 2.10. The van der Waals surface area contributed by atoms with Crippen LogP contribution < -0.4 is 0 Å². The quantitative estimate of drug-likeness (QED) is 0.182. The lowest BCUT2D eigenvalue weighted by Crippen LogP contribution is -2.38. The molecule has 5 nitrogen and oxygen atoms in total. The second-order valence-electron chi connectivity index (χ2n) is 13.1. The summed E-state index contributed by atoms with van der Waals surface area (Å²) < 4.78 is 4.75. The van der Waals surface area contributed by atoms with E-state index in [0.29, 0.717) is 0 Å². The molecule has 51 heavy (non-hydrogen) atoms. The predicted octanol–water partition coefficient (Wildman–Crippen LogP) is 10.9. The van der Waals surface area contributed by atoms with Crippen molar-refractivity contribution in [2.45, 2.75) is 6.29 Å². The van der Waals surface area contributed by atoms with Crippen LogP contribution in [0.1, 0.15) is 17.4 Å². The van der Waals surface area contributed by atoms with Gasteiger partial charge in [0.2, 0.25) is 6.29 Å². The standard InChI is InChI=1S/C46H33N5/c1-49-45(32-17-7-3-8-18-32)47-44(31-15-5-2-6-16-31)48-46(49)51-41-24-14-11-21-36(41)38-27-25-34(30-43(38)51)33-26-28-42-39(29-33)37-22-12-13-23-40(37)50(42)35-19-9-4-10-20-35/h2-30,46H,1H3. The minimum Gasteiger partial charge on any atom is -0.320 e. The van der Waals surface area contributed by atoms with Crippen molar-refractivity contribution in [1.82, 2.24) is 14.0 Å². The average molecular weight is 656 g/mol. The molecule has 0 bridgehead atoms. The Morgan fingerprint density at radius 3 is 1.73 bits per heavy atom. The minimum atomic E-state index is -0.364. The van der Waals surface area contributed by atoms with Gasteiger partial charge in [-0.25, -0.2) is 9.98 Å². The highest BCUT2D eigenvalue weighted by Gasteiger charge is 2.29. The highest BCUT2D eigenvalue weighted by molar-refractivity contribution is 6.14. The van der Waals surface area contributed by atoms with Crippen LogP contribution in [-0.4, -0.2) is 32.8 Å². The number of aliphatic imine (C=N–C) groups is 2. The van der Waals surface area contributed by atoms with Gasteiger partial charge in [0, 0.05) is 45.4 Å². The maximum Gasteiger partial charge on any atom is 0.206 e. The van der Waals surface area contributed by atoms with Gasteiger partial charge in [0.1, 0.15) is 5.84 Å². The third-order valence-corrected chi connectivity index (χ3v) is 10.2. The van der Waals surface area contributed by atoms with Crippen molar-refractivity contribution in [3.05, 3.63) is 187 Å². The van der Waals surface area contributed by atoms with E-state index in [1.54, 1.807) is 0 Å². The van der Waals surface area contributed by atoms with Gasteiger partial charge >= 0.3 is 0 Å². The smallest absolute Gasteiger partial charge is 0.206 e. The van der Waals surface area contributed by atoms with Crippen molar-refractivity contribution in [3.63, 3.8) is 0 Å². The first kappa shape index (κ1) is 29.2. The van der Waals surface area contributed by atoms with Crippen molar-refractivity contribution < 1.29 is 0 Å². The van der Waals surface area contributed by atoms with Crippen molar-refractivity contribution in [2.24, 2.45) is 9.98 Å². The second kappa shape index (κ2) is 11.7. The predicted molar refractivity (Wildman–Crippen MR) is 212 cm³/mol. The molecule has 0 saturated heterocycles. The lowest BCUT2D eigenvalue weighted by Gasteiger charge is -2.34. The number of hydrogen-bond acceptors (Lipinski definition) is 3. The number of rotatable bonds is 5. The van der Waals surface area contributed by atoms with E-state index in [9.17, 15) is 0 Å². The Morgan fingerprint density at radius 2 is 0.980 bits per heavy atom. The lowest BCUT2D eigenvalue weighted by atomic mass is 10.0. The van der Waals surface area contributed by atoms with E-state index in [-0.39, 0.29) is 6.29 Å². The molecule has 9 aromatic rings. The van der Waals surface area contributed by atoms with Gasteiger partial charge in [0.25, 0.3) is 0 Å². The first-order valence-electron chi connectivity index (χ1n) is 17.3. The summed E-state index contributed by atoms with van der Waals surface area (Å²) in [5.41, 5.74) is 10.2. The topological polar surface area (TPSA) is 37.8 Å². The summed E-state index contributed by atoms with van der Waals surface area (Å²) in [6.45, 7) is 0. The maximum absolute atomic E-state index is 5.38. The summed E-state index contributed by atoms with van der Waals surface area (Å²) in [5.74, 6) is 1.61. The van der Waals surface area contributed by atoms with Crippen molar-refractivity contribution in [3.8, 4) is 16.8 Å². The van der Waals surface area contributed by atoms with Gasteiger partial charge in [-0.15, -0.1) is 0 Å². The Balaban J connectivity index is 1.18. The molecule has 0 spiro atoms. The fourth-order valence-corrected chi connectivity index (χ4v) is 7.76. The molecule has 1 unspecified atom stereocenters. The normalized spacial score (nSPS) is 14.8. The van der Waals surface area contributed by atoms with Gasteiger partial charge in [-0.1, -0.05) is 133 Å². The van der Waals surface area contributed by atoms with E-state index in [1.165, 1.54) is 38.1 Å². The van der Waals surface area contributed by atoms with E-state index in [1.807, 2.05) is 24.3 Å². The number of nitrogens with zero attached hydrogens (tertiary/aromatic N) is 5. The number of aromatic nitrogens is 2. The van der Waals surface area contributed by atoms with Crippen LogP contribution in [0.2, 0.25) is 0 Å². The summed E-state index contributed by atoms with van der Waals surface area (Å²) in [4.78, 5) is 12.7. The molecule has 0 amide bonds. The van der Waals surface area contributed by atoms with Crippen molar-refractivity contribution in [1.29, 1.82) is 0 Å². The number of hydrogen-bond donors (Lipinski definition) is 0. The Labute approximate surface area is 295 Å². The number of benzene rings is 7. The van der Waals surface area contributed by atoms with Crippen molar-refractivity contribution >= 4 is 55.3 Å². The molecule has 0 N–H and O–H groups in total. The molecule has 10 rings (SSSR count). The molecule has 0 aliphatic carbocycles. The molecule has 1 aliphatic rings. The molecule has 2 aromatic heterocycles. The lowest BCUT2D eigenvalue weighted by molar-refractivity contribution is 0.297. The monoisotopic (exact) mass is 655 g/mol. The van der Waals surface area contributed by atoms with E-state index < -0.39 is 0 Å².